The Morgan fingerprint density at radius 2 is 1.81 bits per heavy atom. The minimum absolute atomic E-state index is 0.0228. The van der Waals surface area contributed by atoms with E-state index in [1.54, 1.807) is 19.4 Å². The summed E-state index contributed by atoms with van der Waals surface area (Å²) in [5.74, 6) is -0.0228. The molecule has 1 aliphatic rings. The molecule has 0 aliphatic heterocycles. The molecule has 3 aromatic heterocycles. The smallest absolute Gasteiger partial charge is 0.294 e. The molecule has 0 atom stereocenters. The van der Waals surface area contributed by atoms with Crippen molar-refractivity contribution >= 4 is 16.8 Å². The second kappa shape index (κ2) is 5.70. The number of aryl methyl sites for hydroxylation is 1. The van der Waals surface area contributed by atoms with Crippen molar-refractivity contribution in [2.24, 2.45) is 19.5 Å². The molecule has 1 aliphatic carbocycles. The van der Waals surface area contributed by atoms with Gasteiger partial charge in [-0.1, -0.05) is 13.8 Å². The largest absolute Gasteiger partial charge is 0.332 e. The SMILES string of the molecule is Cn1c(=O)c2c(-c3ccc[nH+]c3)c3c(nc2n(C)c1=O)CC(C)(C)CC3=O. The maximum absolute atomic E-state index is 13.1. The molecule has 0 saturated heterocycles. The summed E-state index contributed by atoms with van der Waals surface area (Å²) in [5.41, 5.74) is 1.64. The second-order valence-corrected chi connectivity index (χ2v) is 7.95. The molecular weight excluding hydrogens is 344 g/mol. The molecule has 0 aromatic carbocycles. The highest BCUT2D eigenvalue weighted by Crippen LogP contribution is 2.40. The number of H-pyrrole nitrogens is 1. The van der Waals surface area contributed by atoms with Crippen molar-refractivity contribution in [3.8, 4) is 11.1 Å². The fourth-order valence-corrected chi connectivity index (χ4v) is 3.94. The standard InChI is InChI=1S/C20H20N4O3/c1-20(2)8-12-15(13(25)9-20)14(11-6-5-7-21-10-11)16-17(22-12)23(3)19(27)24(4)18(16)26/h5-7,10H,8-9H2,1-4H3/p+1. The summed E-state index contributed by atoms with van der Waals surface area (Å²) in [7, 11) is 3.04. The number of pyridine rings is 2. The van der Waals surface area contributed by atoms with E-state index in [0.29, 0.717) is 40.7 Å². The average Bonchev–Trinajstić information content (AvgIpc) is 2.62. The molecule has 0 saturated carbocycles. The topological polar surface area (TPSA) is 88.1 Å². The van der Waals surface area contributed by atoms with Crippen LogP contribution >= 0.6 is 0 Å². The van der Waals surface area contributed by atoms with E-state index in [0.717, 1.165) is 10.1 Å². The second-order valence-electron chi connectivity index (χ2n) is 7.95. The zero-order valence-corrected chi connectivity index (χ0v) is 15.8. The summed E-state index contributed by atoms with van der Waals surface area (Å²) < 4.78 is 2.43. The minimum Gasteiger partial charge on any atom is -0.294 e. The lowest BCUT2D eigenvalue weighted by molar-refractivity contribution is -0.377. The van der Waals surface area contributed by atoms with Gasteiger partial charge in [0.25, 0.3) is 5.56 Å². The third-order valence-corrected chi connectivity index (χ3v) is 5.22. The number of rotatable bonds is 1. The van der Waals surface area contributed by atoms with Gasteiger partial charge in [-0.25, -0.2) is 14.8 Å². The summed E-state index contributed by atoms with van der Waals surface area (Å²) in [6, 6.07) is 3.67. The number of hydrogen-bond donors (Lipinski definition) is 0. The van der Waals surface area contributed by atoms with Gasteiger partial charge in [-0.3, -0.25) is 18.7 Å². The van der Waals surface area contributed by atoms with Crippen molar-refractivity contribution in [3.63, 3.8) is 0 Å². The number of aromatic nitrogens is 4. The molecule has 0 radical (unpaired) electrons. The first kappa shape index (κ1) is 17.3. The third-order valence-electron chi connectivity index (χ3n) is 5.22. The zero-order chi connectivity index (χ0) is 19.5. The van der Waals surface area contributed by atoms with E-state index in [1.165, 1.54) is 11.6 Å². The van der Waals surface area contributed by atoms with Gasteiger partial charge in [0.1, 0.15) is 5.65 Å². The lowest BCUT2D eigenvalue weighted by Gasteiger charge is -2.31. The third kappa shape index (κ3) is 2.53. The Kier molecular flexibility index (Phi) is 3.66. The maximum Gasteiger partial charge on any atom is 0.332 e. The minimum atomic E-state index is -0.445. The molecule has 0 amide bonds. The van der Waals surface area contributed by atoms with Gasteiger partial charge in [0, 0.05) is 43.3 Å². The summed E-state index contributed by atoms with van der Waals surface area (Å²) >= 11 is 0. The number of carbonyl (C=O) groups excluding carboxylic acids is 1. The fourth-order valence-electron chi connectivity index (χ4n) is 3.94. The molecular formula is C20H21N4O3+. The van der Waals surface area contributed by atoms with Crippen molar-refractivity contribution in [1.29, 1.82) is 0 Å². The monoisotopic (exact) mass is 365 g/mol. The number of ketones is 1. The average molecular weight is 365 g/mol. The molecule has 7 heteroatoms. The number of nitrogens with zero attached hydrogens (tertiary/aromatic N) is 3. The summed E-state index contributed by atoms with van der Waals surface area (Å²) in [4.78, 5) is 46.1. The first-order chi connectivity index (χ1) is 12.7. The van der Waals surface area contributed by atoms with E-state index in [9.17, 15) is 14.4 Å². The molecule has 3 aromatic rings. The predicted octanol–water partition coefficient (Wildman–Crippen LogP) is 1.27. The van der Waals surface area contributed by atoms with Crippen molar-refractivity contribution in [1.82, 2.24) is 14.1 Å². The van der Waals surface area contributed by atoms with Crippen LogP contribution < -0.4 is 16.2 Å². The lowest BCUT2D eigenvalue weighted by atomic mass is 9.73. The number of carbonyl (C=O) groups is 1. The quantitative estimate of drug-likeness (QED) is 0.650. The highest BCUT2D eigenvalue weighted by atomic mass is 16.2. The number of Topliss-reactive ketones (excluding diaryl/α,β-unsaturated/α-hetero) is 1. The number of nitrogens with one attached hydrogen (secondary N) is 1. The Hall–Kier alpha value is -3.09. The van der Waals surface area contributed by atoms with Crippen LogP contribution in [-0.4, -0.2) is 19.9 Å². The number of aromatic amines is 1. The van der Waals surface area contributed by atoms with E-state index < -0.39 is 11.2 Å². The Morgan fingerprint density at radius 3 is 2.48 bits per heavy atom. The van der Waals surface area contributed by atoms with E-state index in [1.807, 2.05) is 26.0 Å². The van der Waals surface area contributed by atoms with E-state index in [4.69, 9.17) is 0 Å². The highest BCUT2D eigenvalue weighted by molar-refractivity contribution is 6.10. The Morgan fingerprint density at radius 1 is 1.07 bits per heavy atom. The fraction of sp³-hybridized carbons (Fsp3) is 0.350. The van der Waals surface area contributed by atoms with Gasteiger partial charge in [-0.2, -0.15) is 0 Å². The summed E-state index contributed by atoms with van der Waals surface area (Å²) in [6.07, 6.45) is 4.52. The molecule has 0 unspecified atom stereocenters. The van der Waals surface area contributed by atoms with Crippen LogP contribution in [0.3, 0.4) is 0 Å². The Balaban J connectivity index is 2.28. The first-order valence-corrected chi connectivity index (χ1v) is 8.83. The summed E-state index contributed by atoms with van der Waals surface area (Å²) in [6.45, 7) is 4.05. The molecule has 0 fully saturated rings. The Labute approximate surface area is 155 Å². The molecule has 27 heavy (non-hydrogen) atoms. The highest BCUT2D eigenvalue weighted by Gasteiger charge is 2.36. The van der Waals surface area contributed by atoms with Crippen LogP contribution in [0.4, 0.5) is 0 Å². The summed E-state index contributed by atoms with van der Waals surface area (Å²) in [5, 5.41) is 0.297. The lowest BCUT2D eigenvalue weighted by Crippen LogP contribution is -2.38. The van der Waals surface area contributed by atoms with Crippen molar-refractivity contribution in [2.45, 2.75) is 26.7 Å². The van der Waals surface area contributed by atoms with Gasteiger partial charge in [0.05, 0.1) is 11.1 Å². The van der Waals surface area contributed by atoms with Crippen LogP contribution in [0.15, 0.2) is 34.1 Å². The molecule has 0 bridgehead atoms. The molecule has 0 spiro atoms. The molecule has 138 valence electrons. The van der Waals surface area contributed by atoms with Crippen LogP contribution in [0.1, 0.15) is 36.3 Å². The van der Waals surface area contributed by atoms with Gasteiger partial charge in [0.2, 0.25) is 0 Å². The molecule has 4 rings (SSSR count). The zero-order valence-electron chi connectivity index (χ0n) is 15.8. The molecule has 7 nitrogen and oxygen atoms in total. The van der Waals surface area contributed by atoms with Gasteiger partial charge in [0.15, 0.2) is 18.2 Å². The van der Waals surface area contributed by atoms with Gasteiger partial charge in [-0.05, 0) is 17.9 Å². The predicted molar refractivity (Wildman–Crippen MR) is 101 cm³/mol. The molecule has 3 heterocycles. The van der Waals surface area contributed by atoms with Gasteiger partial charge < -0.3 is 0 Å². The van der Waals surface area contributed by atoms with Crippen molar-refractivity contribution in [2.75, 3.05) is 0 Å². The van der Waals surface area contributed by atoms with E-state index in [2.05, 4.69) is 9.97 Å². The van der Waals surface area contributed by atoms with Crippen LogP contribution in [0.5, 0.6) is 0 Å². The van der Waals surface area contributed by atoms with Crippen molar-refractivity contribution in [3.05, 3.63) is 56.6 Å². The molecule has 1 N–H and O–H groups in total. The van der Waals surface area contributed by atoms with E-state index in [-0.39, 0.29) is 11.2 Å². The van der Waals surface area contributed by atoms with Crippen LogP contribution in [0.25, 0.3) is 22.2 Å². The Bertz CT molecular complexity index is 1220. The normalized spacial score (nSPS) is 15.8. The number of hydrogen-bond acceptors (Lipinski definition) is 4. The van der Waals surface area contributed by atoms with Gasteiger partial charge in [-0.15, -0.1) is 0 Å². The van der Waals surface area contributed by atoms with E-state index >= 15 is 0 Å². The van der Waals surface area contributed by atoms with Crippen LogP contribution in [0, 0.1) is 5.41 Å². The first-order valence-electron chi connectivity index (χ1n) is 8.83. The maximum atomic E-state index is 13.1. The van der Waals surface area contributed by atoms with Crippen LogP contribution in [0.2, 0.25) is 0 Å². The van der Waals surface area contributed by atoms with Gasteiger partial charge >= 0.3 is 5.69 Å². The number of fused-ring (bicyclic) bond motifs is 2. The van der Waals surface area contributed by atoms with Crippen LogP contribution in [-0.2, 0) is 20.5 Å². The van der Waals surface area contributed by atoms with Crippen molar-refractivity contribution < 1.29 is 9.78 Å².